The average Bonchev–Trinajstić information content (AvgIpc) is 2.67. The molecule has 0 spiro atoms. The van der Waals surface area contributed by atoms with E-state index in [1.807, 2.05) is 19.2 Å². The molecule has 0 aliphatic rings. The number of hydrogen-bond acceptors (Lipinski definition) is 5. The van der Waals surface area contributed by atoms with Crippen LogP contribution in [0, 0.1) is 0 Å². The van der Waals surface area contributed by atoms with Crippen LogP contribution in [0.4, 0.5) is 5.13 Å². The third kappa shape index (κ3) is 2.05. The van der Waals surface area contributed by atoms with E-state index < -0.39 is 0 Å². The third-order valence-corrected chi connectivity index (χ3v) is 2.73. The highest BCUT2D eigenvalue weighted by atomic mass is 32.1. The lowest BCUT2D eigenvalue weighted by molar-refractivity contribution is 1.00. The predicted octanol–water partition coefficient (Wildman–Crippen LogP) is 1.57. The van der Waals surface area contributed by atoms with Gasteiger partial charge in [-0.05, 0) is 17.7 Å². The summed E-state index contributed by atoms with van der Waals surface area (Å²) < 4.78 is 0. The first-order valence-electron chi connectivity index (χ1n) is 4.27. The molecular formula is C9H10N4S. The van der Waals surface area contributed by atoms with Gasteiger partial charge in [-0.15, -0.1) is 10.2 Å². The van der Waals surface area contributed by atoms with Crippen LogP contribution in [0.2, 0.25) is 0 Å². The van der Waals surface area contributed by atoms with E-state index in [4.69, 9.17) is 0 Å². The van der Waals surface area contributed by atoms with Crippen LogP contribution in [-0.2, 0) is 6.42 Å². The summed E-state index contributed by atoms with van der Waals surface area (Å²) >= 11 is 1.57. The Morgan fingerprint density at radius 2 is 2.07 bits per heavy atom. The maximum Gasteiger partial charge on any atom is 0.205 e. The molecule has 0 radical (unpaired) electrons. The molecule has 2 aromatic rings. The third-order valence-electron chi connectivity index (χ3n) is 1.79. The van der Waals surface area contributed by atoms with E-state index in [1.54, 1.807) is 23.7 Å². The summed E-state index contributed by atoms with van der Waals surface area (Å²) in [5.74, 6) is 0. The van der Waals surface area contributed by atoms with Crippen molar-refractivity contribution in [3.63, 3.8) is 0 Å². The number of pyridine rings is 1. The molecule has 4 nitrogen and oxygen atoms in total. The lowest BCUT2D eigenvalue weighted by atomic mass is 10.2. The van der Waals surface area contributed by atoms with Gasteiger partial charge < -0.3 is 5.32 Å². The molecule has 0 unspecified atom stereocenters. The Balaban J connectivity index is 2.11. The van der Waals surface area contributed by atoms with Crippen LogP contribution in [0.5, 0.6) is 0 Å². The molecule has 2 heterocycles. The van der Waals surface area contributed by atoms with Gasteiger partial charge in [-0.2, -0.15) is 0 Å². The molecule has 0 saturated heterocycles. The highest BCUT2D eigenvalue weighted by Gasteiger charge is 2.02. The summed E-state index contributed by atoms with van der Waals surface area (Å²) in [6.45, 7) is 0. The van der Waals surface area contributed by atoms with Crippen LogP contribution in [-0.4, -0.2) is 22.2 Å². The van der Waals surface area contributed by atoms with E-state index in [2.05, 4.69) is 20.5 Å². The minimum absolute atomic E-state index is 0.821. The van der Waals surface area contributed by atoms with Crippen molar-refractivity contribution in [3.05, 3.63) is 35.1 Å². The molecule has 0 bridgehead atoms. The van der Waals surface area contributed by atoms with Crippen molar-refractivity contribution in [1.82, 2.24) is 15.2 Å². The average molecular weight is 206 g/mol. The Morgan fingerprint density at radius 3 is 2.71 bits per heavy atom. The SMILES string of the molecule is CNc1nnc(Cc2ccncc2)s1. The fraction of sp³-hybridized carbons (Fsp3) is 0.222. The summed E-state index contributed by atoms with van der Waals surface area (Å²) in [7, 11) is 1.84. The number of aromatic nitrogens is 3. The summed E-state index contributed by atoms with van der Waals surface area (Å²) in [5, 5.41) is 12.9. The number of nitrogens with zero attached hydrogens (tertiary/aromatic N) is 3. The Bertz CT molecular complexity index is 398. The topological polar surface area (TPSA) is 50.7 Å². The number of rotatable bonds is 3. The van der Waals surface area contributed by atoms with Crippen LogP contribution in [0.3, 0.4) is 0 Å². The minimum atomic E-state index is 0.821. The van der Waals surface area contributed by atoms with Crippen molar-refractivity contribution in [2.24, 2.45) is 0 Å². The summed E-state index contributed by atoms with van der Waals surface area (Å²) in [6, 6.07) is 3.97. The van der Waals surface area contributed by atoms with Crippen molar-refractivity contribution >= 4 is 16.5 Å². The largest absolute Gasteiger partial charge is 0.363 e. The monoisotopic (exact) mass is 206 g/mol. The Morgan fingerprint density at radius 1 is 1.29 bits per heavy atom. The number of hydrogen-bond donors (Lipinski definition) is 1. The van der Waals surface area contributed by atoms with E-state index >= 15 is 0 Å². The van der Waals surface area contributed by atoms with E-state index in [1.165, 1.54) is 5.56 Å². The van der Waals surface area contributed by atoms with E-state index in [0.29, 0.717) is 0 Å². The first kappa shape index (κ1) is 9.08. The molecule has 72 valence electrons. The molecule has 0 saturated carbocycles. The normalized spacial score (nSPS) is 10.1. The molecule has 14 heavy (non-hydrogen) atoms. The van der Waals surface area contributed by atoms with Gasteiger partial charge in [0.05, 0.1) is 0 Å². The van der Waals surface area contributed by atoms with Gasteiger partial charge in [0.1, 0.15) is 5.01 Å². The van der Waals surface area contributed by atoms with E-state index in [0.717, 1.165) is 16.6 Å². The molecule has 2 aromatic heterocycles. The van der Waals surface area contributed by atoms with Gasteiger partial charge in [0.2, 0.25) is 5.13 Å². The zero-order valence-corrected chi connectivity index (χ0v) is 8.58. The van der Waals surface area contributed by atoms with Gasteiger partial charge in [0, 0.05) is 25.9 Å². The van der Waals surface area contributed by atoms with Gasteiger partial charge >= 0.3 is 0 Å². The van der Waals surface area contributed by atoms with Crippen LogP contribution in [0.15, 0.2) is 24.5 Å². The summed E-state index contributed by atoms with van der Waals surface area (Å²) in [6.07, 6.45) is 4.40. The highest BCUT2D eigenvalue weighted by molar-refractivity contribution is 7.15. The minimum Gasteiger partial charge on any atom is -0.363 e. The lowest BCUT2D eigenvalue weighted by Crippen LogP contribution is -1.87. The fourth-order valence-electron chi connectivity index (χ4n) is 1.10. The molecule has 0 aliphatic carbocycles. The smallest absolute Gasteiger partial charge is 0.205 e. The summed E-state index contributed by atoms with van der Waals surface area (Å²) in [4.78, 5) is 3.96. The zero-order valence-electron chi connectivity index (χ0n) is 7.77. The fourth-order valence-corrected chi connectivity index (χ4v) is 1.83. The van der Waals surface area contributed by atoms with Crippen molar-refractivity contribution in [1.29, 1.82) is 0 Å². The maximum absolute atomic E-state index is 4.07. The Hall–Kier alpha value is -1.49. The van der Waals surface area contributed by atoms with Crippen LogP contribution >= 0.6 is 11.3 Å². The molecule has 2 rings (SSSR count). The first-order chi connectivity index (χ1) is 6.88. The number of anilines is 1. The summed E-state index contributed by atoms with van der Waals surface area (Å²) in [5.41, 5.74) is 1.21. The second-order valence-electron chi connectivity index (χ2n) is 2.78. The van der Waals surface area contributed by atoms with Gasteiger partial charge in [-0.1, -0.05) is 11.3 Å². The van der Waals surface area contributed by atoms with Gasteiger partial charge in [0.15, 0.2) is 0 Å². The van der Waals surface area contributed by atoms with Gasteiger partial charge in [-0.25, -0.2) is 0 Å². The lowest BCUT2D eigenvalue weighted by Gasteiger charge is -1.94. The van der Waals surface area contributed by atoms with Crippen LogP contribution in [0.25, 0.3) is 0 Å². The van der Waals surface area contributed by atoms with E-state index in [-0.39, 0.29) is 0 Å². The molecule has 0 aromatic carbocycles. The van der Waals surface area contributed by atoms with Gasteiger partial charge in [0.25, 0.3) is 0 Å². The first-order valence-corrected chi connectivity index (χ1v) is 5.09. The molecule has 0 fully saturated rings. The molecule has 1 N–H and O–H groups in total. The van der Waals surface area contributed by atoms with Crippen molar-refractivity contribution in [2.45, 2.75) is 6.42 Å². The van der Waals surface area contributed by atoms with Crippen molar-refractivity contribution in [2.75, 3.05) is 12.4 Å². The Labute approximate surface area is 86.0 Å². The van der Waals surface area contributed by atoms with Crippen molar-refractivity contribution in [3.8, 4) is 0 Å². The maximum atomic E-state index is 4.07. The molecule has 0 atom stereocenters. The molecule has 0 aliphatic heterocycles. The van der Waals surface area contributed by atoms with Crippen molar-refractivity contribution < 1.29 is 0 Å². The zero-order chi connectivity index (χ0) is 9.80. The van der Waals surface area contributed by atoms with E-state index in [9.17, 15) is 0 Å². The van der Waals surface area contributed by atoms with Gasteiger partial charge in [-0.3, -0.25) is 4.98 Å². The molecule has 5 heteroatoms. The number of nitrogens with one attached hydrogen (secondary N) is 1. The Kier molecular flexibility index (Phi) is 2.69. The van der Waals surface area contributed by atoms with Crippen LogP contribution < -0.4 is 5.32 Å². The highest BCUT2D eigenvalue weighted by Crippen LogP contribution is 2.17. The standard InChI is InChI=1S/C9H10N4S/c1-10-9-13-12-8(14-9)6-7-2-4-11-5-3-7/h2-5H,6H2,1H3,(H,10,13). The second kappa shape index (κ2) is 4.15. The van der Waals surface area contributed by atoms with Crippen LogP contribution in [0.1, 0.15) is 10.6 Å². The molecule has 0 amide bonds. The quantitative estimate of drug-likeness (QED) is 0.828. The second-order valence-corrected chi connectivity index (χ2v) is 3.85. The molecular weight excluding hydrogens is 196 g/mol. The predicted molar refractivity (Wildman–Crippen MR) is 56.5 cm³/mol.